The predicted octanol–water partition coefficient (Wildman–Crippen LogP) is 3.88. The Labute approximate surface area is 166 Å². The summed E-state index contributed by atoms with van der Waals surface area (Å²) in [6, 6.07) is 5.74. The molecule has 0 spiro atoms. The molecular formula is C19H22F2N2O4S. The van der Waals surface area contributed by atoms with Crippen LogP contribution in [0.5, 0.6) is 5.75 Å². The van der Waals surface area contributed by atoms with Crippen LogP contribution in [0.15, 0.2) is 29.2 Å². The summed E-state index contributed by atoms with van der Waals surface area (Å²) < 4.78 is 28.6. The molecule has 1 aliphatic rings. The van der Waals surface area contributed by atoms with Gasteiger partial charge >= 0.3 is 6.61 Å². The SMILES string of the molecule is CC(C)CCC(=O)NCCN1C(=O)S/C(=C\c2ccc(OC(F)F)cc2)C1=O. The minimum Gasteiger partial charge on any atom is -0.435 e. The summed E-state index contributed by atoms with van der Waals surface area (Å²) in [6.45, 7) is 1.44. The zero-order valence-corrected chi connectivity index (χ0v) is 16.4. The highest BCUT2D eigenvalue weighted by Gasteiger charge is 2.34. The van der Waals surface area contributed by atoms with Crippen LogP contribution in [0.25, 0.3) is 6.08 Å². The van der Waals surface area contributed by atoms with Crippen molar-refractivity contribution in [1.29, 1.82) is 0 Å². The fourth-order valence-electron chi connectivity index (χ4n) is 2.40. The molecule has 0 bridgehead atoms. The molecule has 9 heteroatoms. The number of hydrogen-bond acceptors (Lipinski definition) is 5. The van der Waals surface area contributed by atoms with E-state index in [4.69, 9.17) is 0 Å². The first-order valence-corrected chi connectivity index (χ1v) is 9.65. The van der Waals surface area contributed by atoms with E-state index in [2.05, 4.69) is 10.1 Å². The highest BCUT2D eigenvalue weighted by Crippen LogP contribution is 2.32. The third-order valence-corrected chi connectivity index (χ3v) is 4.79. The second kappa shape index (κ2) is 10.2. The summed E-state index contributed by atoms with van der Waals surface area (Å²) in [5.41, 5.74) is 0.578. The fourth-order valence-corrected chi connectivity index (χ4v) is 3.27. The molecule has 0 unspecified atom stereocenters. The minimum atomic E-state index is -2.91. The van der Waals surface area contributed by atoms with Gasteiger partial charge in [0.2, 0.25) is 5.91 Å². The van der Waals surface area contributed by atoms with E-state index in [-0.39, 0.29) is 29.7 Å². The summed E-state index contributed by atoms with van der Waals surface area (Å²) in [5, 5.41) is 2.29. The lowest BCUT2D eigenvalue weighted by Crippen LogP contribution is -2.37. The number of amides is 3. The Morgan fingerprint density at radius 3 is 2.54 bits per heavy atom. The van der Waals surface area contributed by atoms with E-state index in [9.17, 15) is 23.2 Å². The number of hydrogen-bond donors (Lipinski definition) is 1. The Morgan fingerprint density at radius 2 is 1.93 bits per heavy atom. The van der Waals surface area contributed by atoms with E-state index < -0.39 is 17.8 Å². The van der Waals surface area contributed by atoms with Gasteiger partial charge in [-0.15, -0.1) is 0 Å². The van der Waals surface area contributed by atoms with Gasteiger partial charge in [-0.2, -0.15) is 8.78 Å². The Hall–Kier alpha value is -2.42. The molecule has 3 amide bonds. The van der Waals surface area contributed by atoms with Gasteiger partial charge in [0, 0.05) is 19.5 Å². The van der Waals surface area contributed by atoms with Crippen molar-refractivity contribution in [2.24, 2.45) is 5.92 Å². The lowest BCUT2D eigenvalue weighted by atomic mass is 10.1. The predicted molar refractivity (Wildman–Crippen MR) is 103 cm³/mol. The number of benzene rings is 1. The fraction of sp³-hybridized carbons (Fsp3) is 0.421. The summed E-state index contributed by atoms with van der Waals surface area (Å²) in [7, 11) is 0. The maximum absolute atomic E-state index is 12.4. The van der Waals surface area contributed by atoms with Crippen LogP contribution in [0.4, 0.5) is 13.6 Å². The monoisotopic (exact) mass is 412 g/mol. The number of halogens is 2. The Balaban J connectivity index is 1.90. The largest absolute Gasteiger partial charge is 0.435 e. The molecule has 0 saturated carbocycles. The van der Waals surface area contributed by atoms with Gasteiger partial charge in [-0.05, 0) is 47.9 Å². The zero-order chi connectivity index (χ0) is 20.7. The molecule has 6 nitrogen and oxygen atoms in total. The molecule has 1 aliphatic heterocycles. The van der Waals surface area contributed by atoms with Crippen molar-refractivity contribution < 1.29 is 27.9 Å². The van der Waals surface area contributed by atoms with Gasteiger partial charge in [0.05, 0.1) is 4.91 Å². The molecule has 1 N–H and O–H groups in total. The van der Waals surface area contributed by atoms with E-state index >= 15 is 0 Å². The standard InChI is InChI=1S/C19H22F2N2O4S/c1-12(2)3-8-16(24)22-9-10-23-17(25)15(28-19(23)26)11-13-4-6-14(7-5-13)27-18(20)21/h4-7,11-12,18H,3,8-10H2,1-2H3,(H,22,24)/b15-11-. The van der Waals surface area contributed by atoms with Gasteiger partial charge in [-0.3, -0.25) is 19.3 Å². The Kier molecular flexibility index (Phi) is 7.98. The van der Waals surface area contributed by atoms with E-state index in [1.807, 2.05) is 13.8 Å². The highest BCUT2D eigenvalue weighted by molar-refractivity contribution is 8.18. The summed E-state index contributed by atoms with van der Waals surface area (Å²) >= 11 is 0.799. The number of nitrogens with zero attached hydrogens (tertiary/aromatic N) is 1. The van der Waals surface area contributed by atoms with Gasteiger partial charge < -0.3 is 10.1 Å². The van der Waals surface area contributed by atoms with E-state index in [1.54, 1.807) is 0 Å². The number of alkyl halides is 2. The molecule has 0 aliphatic carbocycles. The molecule has 0 atom stereocenters. The highest BCUT2D eigenvalue weighted by atomic mass is 32.2. The van der Waals surface area contributed by atoms with Crippen LogP contribution in [-0.4, -0.2) is 41.7 Å². The number of carbonyl (C=O) groups is 3. The molecule has 2 rings (SSSR count). The molecule has 1 aromatic rings. The maximum atomic E-state index is 12.4. The van der Waals surface area contributed by atoms with Crippen molar-refractivity contribution in [2.75, 3.05) is 13.1 Å². The first kappa shape index (κ1) is 21.9. The number of ether oxygens (including phenoxy) is 1. The first-order chi connectivity index (χ1) is 13.3. The normalized spacial score (nSPS) is 15.8. The van der Waals surface area contributed by atoms with E-state index in [0.717, 1.165) is 23.1 Å². The zero-order valence-electron chi connectivity index (χ0n) is 15.6. The van der Waals surface area contributed by atoms with Gasteiger partial charge in [0.1, 0.15) is 5.75 Å². The van der Waals surface area contributed by atoms with Crippen LogP contribution < -0.4 is 10.1 Å². The minimum absolute atomic E-state index is 0.00784. The number of imide groups is 1. The molecular weight excluding hydrogens is 390 g/mol. The summed E-state index contributed by atoms with van der Waals surface area (Å²) in [6.07, 6.45) is 2.69. The molecule has 0 radical (unpaired) electrons. The second-order valence-electron chi connectivity index (χ2n) is 6.56. The van der Waals surface area contributed by atoms with Crippen molar-refractivity contribution in [3.05, 3.63) is 34.7 Å². The molecule has 0 aromatic heterocycles. The van der Waals surface area contributed by atoms with Crippen molar-refractivity contribution in [2.45, 2.75) is 33.3 Å². The number of nitrogens with one attached hydrogen (secondary N) is 1. The maximum Gasteiger partial charge on any atom is 0.387 e. The van der Waals surface area contributed by atoms with Crippen LogP contribution in [0.1, 0.15) is 32.3 Å². The number of carbonyl (C=O) groups excluding carboxylic acids is 3. The molecule has 1 aromatic carbocycles. The van der Waals surface area contributed by atoms with Crippen molar-refractivity contribution in [3.8, 4) is 5.75 Å². The van der Waals surface area contributed by atoms with Crippen LogP contribution in [-0.2, 0) is 9.59 Å². The third kappa shape index (κ3) is 6.63. The number of rotatable bonds is 9. The molecule has 1 heterocycles. The molecule has 1 saturated heterocycles. The van der Waals surface area contributed by atoms with Gasteiger partial charge in [0.15, 0.2) is 0 Å². The molecule has 1 fully saturated rings. The smallest absolute Gasteiger partial charge is 0.387 e. The first-order valence-electron chi connectivity index (χ1n) is 8.83. The van der Waals surface area contributed by atoms with Crippen molar-refractivity contribution >= 4 is 34.9 Å². The lowest BCUT2D eigenvalue weighted by Gasteiger charge is -2.13. The number of thioether (sulfide) groups is 1. The van der Waals surface area contributed by atoms with Gasteiger partial charge in [-0.1, -0.05) is 26.0 Å². The third-order valence-electron chi connectivity index (χ3n) is 3.88. The van der Waals surface area contributed by atoms with Crippen LogP contribution in [0, 0.1) is 5.92 Å². The Morgan fingerprint density at radius 1 is 1.25 bits per heavy atom. The molecule has 28 heavy (non-hydrogen) atoms. The van der Waals surface area contributed by atoms with E-state index in [1.165, 1.54) is 30.3 Å². The average molecular weight is 412 g/mol. The van der Waals surface area contributed by atoms with E-state index in [0.29, 0.717) is 17.9 Å². The quantitative estimate of drug-likeness (QED) is 0.623. The van der Waals surface area contributed by atoms with Crippen molar-refractivity contribution in [3.63, 3.8) is 0 Å². The topological polar surface area (TPSA) is 75.7 Å². The summed E-state index contributed by atoms with van der Waals surface area (Å²) in [4.78, 5) is 37.5. The lowest BCUT2D eigenvalue weighted by molar-refractivity contribution is -0.124. The van der Waals surface area contributed by atoms with Crippen LogP contribution >= 0.6 is 11.8 Å². The van der Waals surface area contributed by atoms with Gasteiger partial charge in [0.25, 0.3) is 11.1 Å². The second-order valence-corrected chi connectivity index (χ2v) is 7.56. The van der Waals surface area contributed by atoms with Crippen LogP contribution in [0.2, 0.25) is 0 Å². The molecule has 152 valence electrons. The van der Waals surface area contributed by atoms with Crippen LogP contribution in [0.3, 0.4) is 0 Å². The van der Waals surface area contributed by atoms with Gasteiger partial charge in [-0.25, -0.2) is 0 Å². The van der Waals surface area contributed by atoms with Crippen molar-refractivity contribution in [1.82, 2.24) is 10.2 Å². The average Bonchev–Trinajstić information content (AvgIpc) is 2.88. The Bertz CT molecular complexity index is 751. The summed E-state index contributed by atoms with van der Waals surface area (Å²) in [5.74, 6) is -0.122.